The van der Waals surface area contributed by atoms with E-state index in [4.69, 9.17) is 4.74 Å². The van der Waals surface area contributed by atoms with Crippen LogP contribution in [0.3, 0.4) is 0 Å². The van der Waals surface area contributed by atoms with Crippen LogP contribution in [0.4, 0.5) is 0 Å². The van der Waals surface area contributed by atoms with E-state index in [0.29, 0.717) is 6.42 Å². The second-order valence-corrected chi connectivity index (χ2v) is 6.69. The molecule has 0 fully saturated rings. The second kappa shape index (κ2) is 9.17. The molecule has 2 aromatic rings. The molecule has 2 atom stereocenters. The van der Waals surface area contributed by atoms with Crippen LogP contribution in [0.15, 0.2) is 72.4 Å². The highest BCUT2D eigenvalue weighted by Crippen LogP contribution is 2.36. The zero-order valence-electron chi connectivity index (χ0n) is 15.6. The van der Waals surface area contributed by atoms with Gasteiger partial charge in [-0.3, -0.25) is 9.59 Å². The Kier molecular flexibility index (Phi) is 6.42. The van der Waals surface area contributed by atoms with Gasteiger partial charge >= 0.3 is 5.97 Å². The Morgan fingerprint density at radius 1 is 1.07 bits per heavy atom. The van der Waals surface area contributed by atoms with Crippen molar-refractivity contribution in [1.82, 2.24) is 5.32 Å². The highest BCUT2D eigenvalue weighted by atomic mass is 16.5. The molecule has 0 spiro atoms. The SMILES string of the molecule is CCOC(=O)C1C(=O)C=C(NCCc2ccccc2)CC1c1ccccc1. The van der Waals surface area contributed by atoms with Crippen molar-refractivity contribution in [1.29, 1.82) is 0 Å². The quantitative estimate of drug-likeness (QED) is 0.603. The third-order valence-corrected chi connectivity index (χ3v) is 4.84. The van der Waals surface area contributed by atoms with Crippen molar-refractivity contribution in [3.63, 3.8) is 0 Å². The molecule has 1 aliphatic carbocycles. The lowest BCUT2D eigenvalue weighted by atomic mass is 9.76. The van der Waals surface area contributed by atoms with E-state index in [2.05, 4.69) is 17.4 Å². The smallest absolute Gasteiger partial charge is 0.317 e. The van der Waals surface area contributed by atoms with Gasteiger partial charge in [0, 0.05) is 24.2 Å². The third kappa shape index (κ3) is 4.85. The Labute approximate surface area is 160 Å². The molecule has 2 unspecified atom stereocenters. The van der Waals surface area contributed by atoms with E-state index < -0.39 is 11.9 Å². The molecule has 0 saturated heterocycles. The number of ether oxygens (including phenoxy) is 1. The molecule has 27 heavy (non-hydrogen) atoms. The molecule has 1 aliphatic rings. The van der Waals surface area contributed by atoms with E-state index in [1.807, 2.05) is 48.5 Å². The number of carbonyl (C=O) groups is 2. The number of carbonyl (C=O) groups excluding carboxylic acids is 2. The predicted octanol–water partition coefficient (Wildman–Crippen LogP) is 3.64. The van der Waals surface area contributed by atoms with E-state index in [1.165, 1.54) is 5.56 Å². The molecule has 0 bridgehead atoms. The first-order valence-corrected chi connectivity index (χ1v) is 9.43. The third-order valence-electron chi connectivity index (χ3n) is 4.84. The zero-order valence-corrected chi connectivity index (χ0v) is 15.6. The lowest BCUT2D eigenvalue weighted by Gasteiger charge is -2.29. The number of rotatable bonds is 7. The molecular formula is C23H25NO3. The molecule has 0 heterocycles. The normalized spacial score (nSPS) is 19.3. The van der Waals surface area contributed by atoms with Crippen LogP contribution in [0, 0.1) is 5.92 Å². The Bertz CT molecular complexity index is 799. The Hall–Kier alpha value is -2.88. The van der Waals surface area contributed by atoms with E-state index >= 15 is 0 Å². The lowest BCUT2D eigenvalue weighted by Crippen LogP contribution is -2.36. The highest BCUT2D eigenvalue weighted by Gasteiger charge is 2.39. The Morgan fingerprint density at radius 3 is 2.41 bits per heavy atom. The largest absolute Gasteiger partial charge is 0.465 e. The summed E-state index contributed by atoms with van der Waals surface area (Å²) in [6.07, 6.45) is 3.07. The molecule has 0 aromatic heterocycles. The molecule has 1 N–H and O–H groups in total. The van der Waals surface area contributed by atoms with Crippen LogP contribution >= 0.6 is 0 Å². The average Bonchev–Trinajstić information content (AvgIpc) is 2.69. The summed E-state index contributed by atoms with van der Waals surface area (Å²) < 4.78 is 5.17. The van der Waals surface area contributed by atoms with Gasteiger partial charge in [-0.05, 0) is 30.9 Å². The number of hydrogen-bond donors (Lipinski definition) is 1. The standard InChI is InChI=1S/C23H25NO3/c1-2-27-23(26)22-20(18-11-7-4-8-12-18)15-19(16-21(22)25)24-14-13-17-9-5-3-6-10-17/h3-12,16,20,22,24H,2,13-15H2,1H3. The minimum atomic E-state index is -0.771. The van der Waals surface area contributed by atoms with Crippen molar-refractivity contribution < 1.29 is 14.3 Å². The molecule has 2 aromatic carbocycles. The first-order chi connectivity index (χ1) is 13.2. The van der Waals surface area contributed by atoms with E-state index in [0.717, 1.165) is 24.2 Å². The summed E-state index contributed by atoms with van der Waals surface area (Å²) in [7, 11) is 0. The van der Waals surface area contributed by atoms with Crippen LogP contribution in [0.5, 0.6) is 0 Å². The molecule has 0 radical (unpaired) electrons. The zero-order chi connectivity index (χ0) is 19.1. The minimum Gasteiger partial charge on any atom is -0.465 e. The van der Waals surface area contributed by atoms with Gasteiger partial charge in [0.1, 0.15) is 5.92 Å². The first-order valence-electron chi connectivity index (χ1n) is 9.43. The summed E-state index contributed by atoms with van der Waals surface area (Å²) in [6.45, 7) is 2.78. The van der Waals surface area contributed by atoms with Crippen molar-refractivity contribution in [2.75, 3.05) is 13.2 Å². The first kappa shape index (κ1) is 18.9. The maximum atomic E-state index is 12.7. The number of ketones is 1. The highest BCUT2D eigenvalue weighted by molar-refractivity contribution is 6.07. The number of hydrogen-bond acceptors (Lipinski definition) is 4. The maximum absolute atomic E-state index is 12.7. The number of nitrogens with one attached hydrogen (secondary N) is 1. The van der Waals surface area contributed by atoms with Crippen molar-refractivity contribution >= 4 is 11.8 Å². The van der Waals surface area contributed by atoms with Gasteiger partial charge in [-0.2, -0.15) is 0 Å². The van der Waals surface area contributed by atoms with E-state index in [-0.39, 0.29) is 18.3 Å². The number of benzene rings is 2. The van der Waals surface area contributed by atoms with Crippen molar-refractivity contribution in [2.24, 2.45) is 5.92 Å². The second-order valence-electron chi connectivity index (χ2n) is 6.69. The number of esters is 1. The average molecular weight is 363 g/mol. The summed E-state index contributed by atoms with van der Waals surface area (Å²) in [5.41, 5.74) is 3.11. The molecule has 0 amide bonds. The van der Waals surface area contributed by atoms with Crippen LogP contribution in [-0.2, 0) is 20.7 Å². The monoisotopic (exact) mass is 363 g/mol. The summed E-state index contributed by atoms with van der Waals surface area (Å²) in [6, 6.07) is 20.0. The summed E-state index contributed by atoms with van der Waals surface area (Å²) in [5.74, 6) is -1.60. The molecule has 3 rings (SSSR count). The summed E-state index contributed by atoms with van der Waals surface area (Å²) in [4.78, 5) is 25.1. The molecular weight excluding hydrogens is 338 g/mol. The van der Waals surface area contributed by atoms with Crippen LogP contribution < -0.4 is 5.32 Å². The van der Waals surface area contributed by atoms with Crippen molar-refractivity contribution in [3.05, 3.63) is 83.6 Å². The predicted molar refractivity (Wildman–Crippen MR) is 105 cm³/mol. The Morgan fingerprint density at radius 2 is 1.74 bits per heavy atom. The fraction of sp³-hybridized carbons (Fsp3) is 0.304. The van der Waals surface area contributed by atoms with Crippen molar-refractivity contribution in [2.45, 2.75) is 25.7 Å². The van der Waals surface area contributed by atoms with Gasteiger partial charge in [-0.25, -0.2) is 0 Å². The van der Waals surface area contributed by atoms with Crippen LogP contribution in [0.25, 0.3) is 0 Å². The van der Waals surface area contributed by atoms with Crippen molar-refractivity contribution in [3.8, 4) is 0 Å². The molecule has 0 saturated carbocycles. The number of allylic oxidation sites excluding steroid dienone is 2. The Balaban J connectivity index is 1.74. The van der Waals surface area contributed by atoms with Crippen LogP contribution in [0.2, 0.25) is 0 Å². The van der Waals surface area contributed by atoms with Gasteiger partial charge in [-0.15, -0.1) is 0 Å². The van der Waals surface area contributed by atoms with Gasteiger partial charge in [-0.1, -0.05) is 60.7 Å². The lowest BCUT2D eigenvalue weighted by molar-refractivity contribution is -0.151. The molecule has 0 aliphatic heterocycles. The maximum Gasteiger partial charge on any atom is 0.317 e. The summed E-state index contributed by atoms with van der Waals surface area (Å²) >= 11 is 0. The van der Waals surface area contributed by atoms with Gasteiger partial charge < -0.3 is 10.1 Å². The topological polar surface area (TPSA) is 55.4 Å². The fourth-order valence-electron chi connectivity index (χ4n) is 3.53. The van der Waals surface area contributed by atoms with Gasteiger partial charge in [0.15, 0.2) is 5.78 Å². The molecule has 4 heteroatoms. The fourth-order valence-corrected chi connectivity index (χ4v) is 3.53. The molecule has 140 valence electrons. The minimum absolute atomic E-state index is 0.184. The molecule has 4 nitrogen and oxygen atoms in total. The van der Waals surface area contributed by atoms with Crippen LogP contribution in [0.1, 0.15) is 30.4 Å². The van der Waals surface area contributed by atoms with Gasteiger partial charge in [0.25, 0.3) is 0 Å². The van der Waals surface area contributed by atoms with Gasteiger partial charge in [0.05, 0.1) is 6.61 Å². The van der Waals surface area contributed by atoms with Gasteiger partial charge in [0.2, 0.25) is 0 Å². The van der Waals surface area contributed by atoms with E-state index in [9.17, 15) is 9.59 Å². The van der Waals surface area contributed by atoms with E-state index in [1.54, 1.807) is 13.0 Å². The summed E-state index contributed by atoms with van der Waals surface area (Å²) in [5, 5.41) is 3.38. The van der Waals surface area contributed by atoms with Crippen LogP contribution in [-0.4, -0.2) is 24.9 Å².